The number of aryl methyl sites for hydroxylation is 1. The van der Waals surface area contributed by atoms with Crippen LogP contribution in [0.2, 0.25) is 5.02 Å². The molecule has 0 N–H and O–H groups in total. The fourth-order valence-corrected chi connectivity index (χ4v) is 2.12. The molecule has 0 atom stereocenters. The molecule has 0 radical (unpaired) electrons. The van der Waals surface area contributed by atoms with Crippen LogP contribution in [-0.2, 0) is 11.2 Å². The lowest BCUT2D eigenvalue weighted by atomic mass is 10.1. The third-order valence-electron chi connectivity index (χ3n) is 2.98. The van der Waals surface area contributed by atoms with Gasteiger partial charge in [0, 0.05) is 5.02 Å². The lowest BCUT2D eigenvalue weighted by Crippen LogP contribution is -2.18. The number of hydrogen-bond acceptors (Lipinski definition) is 4. The standard InChI is InChI=1S/C17H14ClNO3/c1-2-12-9-14(7-8-15(12)18)22-17(20)11-21-16-6-4-3-5-13(16)10-19/h3-9H,2,11H2,1H3. The van der Waals surface area contributed by atoms with E-state index in [1.165, 1.54) is 0 Å². The number of hydrogen-bond donors (Lipinski definition) is 0. The van der Waals surface area contributed by atoms with E-state index in [4.69, 9.17) is 26.3 Å². The van der Waals surface area contributed by atoms with Crippen LogP contribution in [0.5, 0.6) is 11.5 Å². The van der Waals surface area contributed by atoms with Gasteiger partial charge in [-0.05, 0) is 42.3 Å². The monoisotopic (exact) mass is 315 g/mol. The highest BCUT2D eigenvalue weighted by Gasteiger charge is 2.09. The topological polar surface area (TPSA) is 59.3 Å². The van der Waals surface area contributed by atoms with E-state index in [2.05, 4.69) is 0 Å². The van der Waals surface area contributed by atoms with Crippen molar-refractivity contribution in [3.63, 3.8) is 0 Å². The summed E-state index contributed by atoms with van der Waals surface area (Å²) in [5.41, 5.74) is 1.28. The summed E-state index contributed by atoms with van der Waals surface area (Å²) in [6.45, 7) is 1.69. The van der Waals surface area contributed by atoms with Gasteiger partial charge < -0.3 is 9.47 Å². The molecule has 112 valence electrons. The number of carbonyl (C=O) groups excluding carboxylic acids is 1. The zero-order chi connectivity index (χ0) is 15.9. The number of benzene rings is 2. The summed E-state index contributed by atoms with van der Waals surface area (Å²) in [6, 6.07) is 13.7. The molecule has 0 spiro atoms. The van der Waals surface area contributed by atoms with Gasteiger partial charge in [-0.25, -0.2) is 4.79 Å². The van der Waals surface area contributed by atoms with E-state index in [1.807, 2.05) is 13.0 Å². The highest BCUT2D eigenvalue weighted by Crippen LogP contribution is 2.23. The summed E-state index contributed by atoms with van der Waals surface area (Å²) >= 11 is 6.01. The van der Waals surface area contributed by atoms with E-state index < -0.39 is 5.97 Å². The third kappa shape index (κ3) is 4.00. The molecule has 0 aliphatic rings. The highest BCUT2D eigenvalue weighted by atomic mass is 35.5. The van der Waals surface area contributed by atoms with E-state index in [1.54, 1.807) is 42.5 Å². The second-order valence-electron chi connectivity index (χ2n) is 4.48. The van der Waals surface area contributed by atoms with Crippen LogP contribution in [0.25, 0.3) is 0 Å². The summed E-state index contributed by atoms with van der Waals surface area (Å²) in [6.07, 6.45) is 0.746. The Balaban J connectivity index is 1.97. The zero-order valence-electron chi connectivity index (χ0n) is 12.0. The second kappa shape index (κ2) is 7.48. The van der Waals surface area contributed by atoms with Crippen molar-refractivity contribution in [2.24, 2.45) is 0 Å². The van der Waals surface area contributed by atoms with Crippen LogP contribution < -0.4 is 9.47 Å². The predicted octanol–water partition coefficient (Wildman–Crippen LogP) is 3.76. The number of rotatable bonds is 5. The van der Waals surface area contributed by atoms with Crippen LogP contribution in [0.3, 0.4) is 0 Å². The van der Waals surface area contributed by atoms with Crippen molar-refractivity contribution >= 4 is 17.6 Å². The minimum Gasteiger partial charge on any atom is -0.481 e. The Bertz CT molecular complexity index is 722. The van der Waals surface area contributed by atoms with E-state index in [9.17, 15) is 4.79 Å². The van der Waals surface area contributed by atoms with Gasteiger partial charge in [0.2, 0.25) is 0 Å². The quantitative estimate of drug-likeness (QED) is 0.622. The van der Waals surface area contributed by atoms with Gasteiger partial charge in [0.25, 0.3) is 0 Å². The zero-order valence-corrected chi connectivity index (χ0v) is 12.8. The Morgan fingerprint density at radius 3 is 2.77 bits per heavy atom. The smallest absolute Gasteiger partial charge is 0.349 e. The van der Waals surface area contributed by atoms with Crippen LogP contribution in [0, 0.1) is 11.3 Å². The number of para-hydroxylation sites is 1. The van der Waals surface area contributed by atoms with Crippen LogP contribution >= 0.6 is 11.6 Å². The molecule has 0 aliphatic carbocycles. The molecule has 2 aromatic carbocycles. The maximum Gasteiger partial charge on any atom is 0.349 e. The van der Waals surface area contributed by atoms with Gasteiger partial charge in [-0.1, -0.05) is 30.7 Å². The average molecular weight is 316 g/mol. The summed E-state index contributed by atoms with van der Waals surface area (Å²) in [7, 11) is 0. The van der Waals surface area contributed by atoms with E-state index >= 15 is 0 Å². The average Bonchev–Trinajstić information content (AvgIpc) is 2.55. The molecule has 0 heterocycles. The first kappa shape index (κ1) is 15.9. The molecule has 22 heavy (non-hydrogen) atoms. The lowest BCUT2D eigenvalue weighted by molar-refractivity contribution is -0.136. The van der Waals surface area contributed by atoms with Gasteiger partial charge in [0.05, 0.1) is 5.56 Å². The summed E-state index contributed by atoms with van der Waals surface area (Å²) in [4.78, 5) is 11.8. The van der Waals surface area contributed by atoms with Crippen molar-refractivity contribution in [1.82, 2.24) is 0 Å². The van der Waals surface area contributed by atoms with Crippen LogP contribution in [-0.4, -0.2) is 12.6 Å². The van der Waals surface area contributed by atoms with Crippen molar-refractivity contribution in [2.75, 3.05) is 6.61 Å². The number of halogens is 1. The minimum absolute atomic E-state index is 0.275. The third-order valence-corrected chi connectivity index (χ3v) is 3.35. The molecule has 0 amide bonds. The van der Waals surface area contributed by atoms with E-state index in [-0.39, 0.29) is 6.61 Å². The Morgan fingerprint density at radius 1 is 1.27 bits per heavy atom. The van der Waals surface area contributed by atoms with E-state index in [0.29, 0.717) is 22.1 Å². The number of ether oxygens (including phenoxy) is 2. The molecule has 2 rings (SSSR count). The Kier molecular flexibility index (Phi) is 5.40. The molecular formula is C17H14ClNO3. The summed E-state index contributed by atoms with van der Waals surface area (Å²) in [5.74, 6) is 0.229. The van der Waals surface area contributed by atoms with Crippen LogP contribution in [0.1, 0.15) is 18.1 Å². The molecule has 0 bridgehead atoms. The van der Waals surface area contributed by atoms with E-state index in [0.717, 1.165) is 12.0 Å². The maximum absolute atomic E-state index is 11.8. The van der Waals surface area contributed by atoms with Crippen molar-refractivity contribution in [1.29, 1.82) is 5.26 Å². The predicted molar refractivity (Wildman–Crippen MR) is 83.1 cm³/mol. The molecule has 2 aromatic rings. The molecule has 0 fully saturated rings. The molecule has 4 nitrogen and oxygen atoms in total. The first-order valence-electron chi connectivity index (χ1n) is 6.75. The Morgan fingerprint density at radius 2 is 2.05 bits per heavy atom. The molecule has 0 unspecified atom stereocenters. The molecule has 0 saturated heterocycles. The first-order valence-corrected chi connectivity index (χ1v) is 7.13. The van der Waals surface area contributed by atoms with Crippen molar-refractivity contribution in [2.45, 2.75) is 13.3 Å². The summed E-state index contributed by atoms with van der Waals surface area (Å²) < 4.78 is 10.5. The van der Waals surface area contributed by atoms with Gasteiger partial charge in [-0.15, -0.1) is 0 Å². The summed E-state index contributed by atoms with van der Waals surface area (Å²) in [5, 5.41) is 9.58. The second-order valence-corrected chi connectivity index (χ2v) is 4.88. The Hall–Kier alpha value is -2.51. The van der Waals surface area contributed by atoms with Gasteiger partial charge in [0.1, 0.15) is 17.6 Å². The molecule has 0 saturated carbocycles. The molecule has 0 aliphatic heterocycles. The Labute approximate surface area is 133 Å². The highest BCUT2D eigenvalue weighted by molar-refractivity contribution is 6.31. The fraction of sp³-hybridized carbons (Fsp3) is 0.176. The number of esters is 1. The molecule has 0 aromatic heterocycles. The van der Waals surface area contributed by atoms with Crippen molar-refractivity contribution in [3.05, 3.63) is 58.6 Å². The van der Waals surface area contributed by atoms with Gasteiger partial charge in [0.15, 0.2) is 6.61 Å². The maximum atomic E-state index is 11.8. The van der Waals surface area contributed by atoms with Crippen LogP contribution in [0.15, 0.2) is 42.5 Å². The number of carbonyl (C=O) groups is 1. The van der Waals surface area contributed by atoms with Gasteiger partial charge in [-0.3, -0.25) is 0 Å². The minimum atomic E-state index is -0.544. The van der Waals surface area contributed by atoms with Gasteiger partial charge in [-0.2, -0.15) is 5.26 Å². The number of nitriles is 1. The van der Waals surface area contributed by atoms with Crippen molar-refractivity contribution < 1.29 is 14.3 Å². The molecular weight excluding hydrogens is 302 g/mol. The van der Waals surface area contributed by atoms with Crippen LogP contribution in [0.4, 0.5) is 0 Å². The van der Waals surface area contributed by atoms with Gasteiger partial charge >= 0.3 is 5.97 Å². The normalized spacial score (nSPS) is 9.86. The molecule has 5 heteroatoms. The number of nitrogens with zero attached hydrogens (tertiary/aromatic N) is 1. The SMILES string of the molecule is CCc1cc(OC(=O)COc2ccccc2C#N)ccc1Cl. The largest absolute Gasteiger partial charge is 0.481 e. The van der Waals surface area contributed by atoms with Crippen molar-refractivity contribution in [3.8, 4) is 17.6 Å². The lowest BCUT2D eigenvalue weighted by Gasteiger charge is -2.09. The fourth-order valence-electron chi connectivity index (χ4n) is 1.87. The first-order chi connectivity index (χ1) is 10.6.